The zero-order chi connectivity index (χ0) is 13.5. The molecular weight excluding hydrogens is 236 g/mol. The lowest BCUT2D eigenvalue weighted by atomic mass is 9.49. The minimum Gasteiger partial charge on any atom is -0.354 e. The first-order chi connectivity index (χ1) is 9.11. The highest BCUT2D eigenvalue weighted by atomic mass is 16.2. The second kappa shape index (κ2) is 5.08. The van der Waals surface area contributed by atoms with E-state index < -0.39 is 0 Å². The van der Waals surface area contributed by atoms with Gasteiger partial charge in [0.1, 0.15) is 0 Å². The highest BCUT2D eigenvalue weighted by molar-refractivity contribution is 5.83. The van der Waals surface area contributed by atoms with Crippen molar-refractivity contribution in [3.63, 3.8) is 0 Å². The molecule has 0 aliphatic heterocycles. The van der Waals surface area contributed by atoms with E-state index in [0.29, 0.717) is 12.5 Å². The molecule has 0 heterocycles. The van der Waals surface area contributed by atoms with Gasteiger partial charge in [-0.3, -0.25) is 4.79 Å². The third-order valence-electron chi connectivity index (χ3n) is 5.70. The van der Waals surface area contributed by atoms with Crippen LogP contribution in [0.15, 0.2) is 0 Å². The van der Waals surface area contributed by atoms with Crippen molar-refractivity contribution in [3.8, 4) is 0 Å². The second-order valence-corrected chi connectivity index (χ2v) is 7.46. The summed E-state index contributed by atoms with van der Waals surface area (Å²) in [6, 6.07) is 0.128. The van der Waals surface area contributed by atoms with Crippen LogP contribution in [0.25, 0.3) is 0 Å². The number of carbonyl (C=O) groups is 1. The molecule has 4 aliphatic carbocycles. The fraction of sp³-hybridized carbons (Fsp3) is 0.938. The molecule has 3 nitrogen and oxygen atoms in total. The predicted molar refractivity (Wildman–Crippen MR) is 76.5 cm³/mol. The van der Waals surface area contributed by atoms with E-state index in [-0.39, 0.29) is 11.5 Å². The van der Waals surface area contributed by atoms with Crippen molar-refractivity contribution in [1.29, 1.82) is 0 Å². The van der Waals surface area contributed by atoms with Gasteiger partial charge in [-0.25, -0.2) is 0 Å². The maximum Gasteiger partial charge on any atom is 0.226 e. The van der Waals surface area contributed by atoms with Gasteiger partial charge in [-0.2, -0.15) is 0 Å². The largest absolute Gasteiger partial charge is 0.354 e. The van der Waals surface area contributed by atoms with E-state index in [1.807, 2.05) is 0 Å². The van der Waals surface area contributed by atoms with Crippen molar-refractivity contribution in [2.75, 3.05) is 6.54 Å². The highest BCUT2D eigenvalue weighted by Crippen LogP contribution is 2.60. The summed E-state index contributed by atoms with van der Waals surface area (Å²) in [6.45, 7) is 2.80. The summed E-state index contributed by atoms with van der Waals surface area (Å²) in [6.07, 6.45) is 9.71. The summed E-state index contributed by atoms with van der Waals surface area (Å²) >= 11 is 0. The van der Waals surface area contributed by atoms with E-state index >= 15 is 0 Å². The van der Waals surface area contributed by atoms with Crippen LogP contribution < -0.4 is 11.1 Å². The van der Waals surface area contributed by atoms with Crippen molar-refractivity contribution in [2.45, 2.75) is 64.3 Å². The molecule has 0 aromatic heterocycles. The normalized spacial score (nSPS) is 41.3. The molecule has 1 atom stereocenters. The van der Waals surface area contributed by atoms with Gasteiger partial charge < -0.3 is 11.1 Å². The summed E-state index contributed by atoms with van der Waals surface area (Å²) in [5, 5.41) is 3.16. The van der Waals surface area contributed by atoms with Crippen molar-refractivity contribution in [2.24, 2.45) is 28.9 Å². The standard InChI is InChI=1S/C16H28N2O/c1-2-3-14(17)10-18-15(19)16-7-11-4-12(8-16)6-13(5-11)9-16/h11-14H,2-10,17H2,1H3,(H,18,19). The first-order valence-corrected chi connectivity index (χ1v) is 8.15. The fourth-order valence-electron chi connectivity index (χ4n) is 5.27. The van der Waals surface area contributed by atoms with E-state index in [1.54, 1.807) is 0 Å². The van der Waals surface area contributed by atoms with Gasteiger partial charge in [0.15, 0.2) is 0 Å². The van der Waals surface area contributed by atoms with Crippen LogP contribution in [-0.2, 0) is 4.79 Å². The molecule has 3 heteroatoms. The Morgan fingerprint density at radius 1 is 1.21 bits per heavy atom. The summed E-state index contributed by atoms with van der Waals surface area (Å²) in [4.78, 5) is 12.6. The van der Waals surface area contributed by atoms with Gasteiger partial charge in [0.05, 0.1) is 0 Å². The summed E-state index contributed by atoms with van der Waals surface area (Å²) in [7, 11) is 0. The zero-order valence-electron chi connectivity index (χ0n) is 12.2. The minimum absolute atomic E-state index is 0.0132. The lowest BCUT2D eigenvalue weighted by molar-refractivity contribution is -0.146. The van der Waals surface area contributed by atoms with E-state index in [1.165, 1.54) is 19.3 Å². The van der Waals surface area contributed by atoms with Crippen LogP contribution in [-0.4, -0.2) is 18.5 Å². The van der Waals surface area contributed by atoms with Gasteiger partial charge in [-0.1, -0.05) is 13.3 Å². The number of nitrogens with one attached hydrogen (secondary N) is 1. The Bertz CT molecular complexity index is 317. The molecule has 4 bridgehead atoms. The van der Waals surface area contributed by atoms with Crippen molar-refractivity contribution >= 4 is 5.91 Å². The number of carbonyl (C=O) groups excluding carboxylic acids is 1. The Morgan fingerprint density at radius 2 is 1.74 bits per heavy atom. The molecule has 19 heavy (non-hydrogen) atoms. The van der Waals surface area contributed by atoms with E-state index in [9.17, 15) is 4.79 Å². The fourth-order valence-corrected chi connectivity index (χ4v) is 5.27. The van der Waals surface area contributed by atoms with Crippen LogP contribution in [0.1, 0.15) is 58.3 Å². The topological polar surface area (TPSA) is 55.1 Å². The van der Waals surface area contributed by atoms with Crippen LogP contribution in [0.5, 0.6) is 0 Å². The Balaban J connectivity index is 1.60. The Kier molecular flexibility index (Phi) is 3.59. The maximum atomic E-state index is 12.6. The number of amides is 1. The molecule has 4 rings (SSSR count). The molecule has 1 unspecified atom stereocenters. The smallest absolute Gasteiger partial charge is 0.226 e. The van der Waals surface area contributed by atoms with Gasteiger partial charge in [-0.15, -0.1) is 0 Å². The molecule has 0 saturated heterocycles. The summed E-state index contributed by atoms with van der Waals surface area (Å²) in [5.41, 5.74) is 6.00. The lowest BCUT2D eigenvalue weighted by Crippen LogP contribution is -2.54. The summed E-state index contributed by atoms with van der Waals surface area (Å²) in [5.74, 6) is 2.82. The van der Waals surface area contributed by atoms with Gasteiger partial charge in [0.25, 0.3) is 0 Å². The number of hydrogen-bond acceptors (Lipinski definition) is 2. The Hall–Kier alpha value is -0.570. The van der Waals surface area contributed by atoms with E-state index in [4.69, 9.17) is 5.73 Å². The molecular formula is C16H28N2O. The average Bonchev–Trinajstić information content (AvgIpc) is 2.34. The van der Waals surface area contributed by atoms with Crippen LogP contribution >= 0.6 is 0 Å². The van der Waals surface area contributed by atoms with E-state index in [2.05, 4.69) is 12.2 Å². The Labute approximate surface area is 116 Å². The molecule has 0 radical (unpaired) electrons. The monoisotopic (exact) mass is 264 g/mol. The molecule has 1 amide bonds. The molecule has 0 aromatic carbocycles. The van der Waals surface area contributed by atoms with Gasteiger partial charge in [-0.05, 0) is 62.7 Å². The highest BCUT2D eigenvalue weighted by Gasteiger charge is 2.54. The average molecular weight is 264 g/mol. The van der Waals surface area contributed by atoms with Crippen molar-refractivity contribution < 1.29 is 4.79 Å². The molecule has 0 spiro atoms. The molecule has 0 aromatic rings. The Morgan fingerprint density at radius 3 is 2.21 bits per heavy atom. The SMILES string of the molecule is CCCC(N)CNC(=O)C12CC3CC(CC(C3)C1)C2. The molecule has 4 fully saturated rings. The van der Waals surface area contributed by atoms with Crippen LogP contribution in [0.3, 0.4) is 0 Å². The number of hydrogen-bond donors (Lipinski definition) is 2. The van der Waals surface area contributed by atoms with Crippen LogP contribution in [0, 0.1) is 23.2 Å². The van der Waals surface area contributed by atoms with Gasteiger partial charge in [0.2, 0.25) is 5.91 Å². The number of nitrogens with two attached hydrogens (primary N) is 1. The zero-order valence-corrected chi connectivity index (χ0v) is 12.2. The molecule has 4 aliphatic rings. The second-order valence-electron chi connectivity index (χ2n) is 7.46. The van der Waals surface area contributed by atoms with Crippen molar-refractivity contribution in [1.82, 2.24) is 5.32 Å². The van der Waals surface area contributed by atoms with E-state index in [0.717, 1.165) is 49.9 Å². The molecule has 3 N–H and O–H groups in total. The lowest BCUT2D eigenvalue weighted by Gasteiger charge is -2.55. The van der Waals surface area contributed by atoms with Gasteiger partial charge >= 0.3 is 0 Å². The van der Waals surface area contributed by atoms with Crippen LogP contribution in [0.4, 0.5) is 0 Å². The number of rotatable bonds is 5. The first-order valence-electron chi connectivity index (χ1n) is 8.15. The third kappa shape index (κ3) is 2.54. The quantitative estimate of drug-likeness (QED) is 0.801. The minimum atomic E-state index is -0.0132. The molecule has 108 valence electrons. The van der Waals surface area contributed by atoms with Gasteiger partial charge in [0, 0.05) is 18.0 Å². The summed E-state index contributed by atoms with van der Waals surface area (Å²) < 4.78 is 0. The predicted octanol–water partition coefficient (Wildman–Crippen LogP) is 2.45. The van der Waals surface area contributed by atoms with Crippen LogP contribution in [0.2, 0.25) is 0 Å². The molecule has 4 saturated carbocycles. The maximum absolute atomic E-state index is 12.6. The third-order valence-corrected chi connectivity index (χ3v) is 5.70. The van der Waals surface area contributed by atoms with Crippen molar-refractivity contribution in [3.05, 3.63) is 0 Å². The first kappa shape index (κ1) is 13.4.